The van der Waals surface area contributed by atoms with Crippen molar-refractivity contribution in [1.29, 1.82) is 0 Å². The molecule has 0 atom stereocenters. The van der Waals surface area contributed by atoms with E-state index in [1.807, 2.05) is 24.3 Å². The molecule has 0 spiro atoms. The van der Waals surface area contributed by atoms with Crippen LogP contribution in [0.15, 0.2) is 24.3 Å². The van der Waals surface area contributed by atoms with Crippen molar-refractivity contribution >= 4 is 5.69 Å². The minimum Gasteiger partial charge on any atom is -0.491 e. The fourth-order valence-corrected chi connectivity index (χ4v) is 2.12. The lowest BCUT2D eigenvalue weighted by atomic mass is 9.92. The Hall–Kier alpha value is -1.22. The zero-order valence-corrected chi connectivity index (χ0v) is 10.6. The summed E-state index contributed by atoms with van der Waals surface area (Å²) < 4.78 is 5.67. The van der Waals surface area contributed by atoms with Gasteiger partial charge < -0.3 is 15.4 Å². The summed E-state index contributed by atoms with van der Waals surface area (Å²) in [4.78, 5) is 2.45. The fourth-order valence-electron chi connectivity index (χ4n) is 2.12. The molecule has 2 rings (SSSR count). The predicted molar refractivity (Wildman–Crippen MR) is 71.2 cm³/mol. The highest BCUT2D eigenvalue weighted by Gasteiger charge is 2.21. The molecule has 0 aromatic heterocycles. The predicted octanol–water partition coefficient (Wildman–Crippen LogP) is 2.52. The van der Waals surface area contributed by atoms with Gasteiger partial charge in [-0.1, -0.05) is 18.6 Å². The second-order valence-electron chi connectivity index (χ2n) is 4.81. The average Bonchev–Trinajstić information content (AvgIpc) is 2.24. The van der Waals surface area contributed by atoms with Gasteiger partial charge in [0.1, 0.15) is 5.75 Å². The summed E-state index contributed by atoms with van der Waals surface area (Å²) in [6, 6.07) is 8.48. The quantitative estimate of drug-likeness (QED) is 0.607. The van der Waals surface area contributed by atoms with Crippen molar-refractivity contribution in [2.75, 3.05) is 25.9 Å². The van der Waals surface area contributed by atoms with Crippen LogP contribution in [0, 0.1) is 0 Å². The molecule has 0 saturated heterocycles. The van der Waals surface area contributed by atoms with Crippen LogP contribution in [-0.4, -0.2) is 31.1 Å². The van der Waals surface area contributed by atoms with Crippen LogP contribution in [0.5, 0.6) is 5.75 Å². The van der Waals surface area contributed by atoms with Crippen LogP contribution >= 0.6 is 0 Å². The minimum atomic E-state index is 0.722. The Labute approximate surface area is 104 Å². The summed E-state index contributed by atoms with van der Waals surface area (Å²) in [5.74, 6) is 0.804. The number of hydrogen-bond donors (Lipinski definition) is 1. The molecule has 0 heterocycles. The molecule has 1 saturated carbocycles. The van der Waals surface area contributed by atoms with Crippen molar-refractivity contribution in [3.8, 4) is 5.75 Å². The van der Waals surface area contributed by atoms with Gasteiger partial charge in [-0.25, -0.2) is 0 Å². The molecule has 1 aromatic carbocycles. The first-order chi connectivity index (χ1) is 8.27. The van der Waals surface area contributed by atoms with Crippen LogP contribution in [0.25, 0.3) is 0 Å². The van der Waals surface area contributed by atoms with Gasteiger partial charge in [-0.05, 0) is 38.4 Å². The normalized spacial score (nSPS) is 15.9. The second kappa shape index (κ2) is 5.92. The van der Waals surface area contributed by atoms with Crippen LogP contribution in [0.3, 0.4) is 0 Å². The van der Waals surface area contributed by atoms with E-state index in [1.165, 1.54) is 19.3 Å². The molecule has 2 N–H and O–H groups in total. The second-order valence-corrected chi connectivity index (χ2v) is 4.81. The van der Waals surface area contributed by atoms with E-state index in [-0.39, 0.29) is 0 Å². The molecule has 1 aliphatic rings. The Balaban J connectivity index is 1.64. The third-order valence-corrected chi connectivity index (χ3v) is 3.53. The van der Waals surface area contributed by atoms with E-state index in [0.29, 0.717) is 0 Å². The van der Waals surface area contributed by atoms with E-state index in [9.17, 15) is 0 Å². The molecule has 1 fully saturated rings. The van der Waals surface area contributed by atoms with Crippen molar-refractivity contribution in [3.63, 3.8) is 0 Å². The Morgan fingerprint density at radius 1 is 1.35 bits per heavy atom. The largest absolute Gasteiger partial charge is 0.491 e. The van der Waals surface area contributed by atoms with Crippen molar-refractivity contribution in [3.05, 3.63) is 24.3 Å². The summed E-state index contributed by atoms with van der Waals surface area (Å²) in [5.41, 5.74) is 6.53. The lowest BCUT2D eigenvalue weighted by Gasteiger charge is -2.34. The molecule has 0 radical (unpaired) electrons. The highest BCUT2D eigenvalue weighted by molar-refractivity contribution is 5.51. The maximum atomic E-state index is 5.81. The van der Waals surface area contributed by atoms with Gasteiger partial charge in [0.15, 0.2) is 0 Å². The van der Waals surface area contributed by atoms with Gasteiger partial charge in [0.25, 0.3) is 0 Å². The molecular weight excluding hydrogens is 212 g/mol. The topological polar surface area (TPSA) is 38.5 Å². The first kappa shape index (κ1) is 12.2. The fraction of sp³-hybridized carbons (Fsp3) is 0.571. The SMILES string of the molecule is CN(CCCOc1ccccc1N)C1CCC1. The van der Waals surface area contributed by atoms with Gasteiger partial charge in [0, 0.05) is 12.6 Å². The number of anilines is 1. The van der Waals surface area contributed by atoms with E-state index in [2.05, 4.69) is 11.9 Å². The van der Waals surface area contributed by atoms with Gasteiger partial charge in [0.05, 0.1) is 12.3 Å². The van der Waals surface area contributed by atoms with Crippen LogP contribution in [0.2, 0.25) is 0 Å². The van der Waals surface area contributed by atoms with E-state index >= 15 is 0 Å². The van der Waals surface area contributed by atoms with E-state index in [4.69, 9.17) is 10.5 Å². The number of para-hydroxylation sites is 2. The number of nitrogens with zero attached hydrogens (tertiary/aromatic N) is 1. The maximum Gasteiger partial charge on any atom is 0.142 e. The number of hydrogen-bond acceptors (Lipinski definition) is 3. The first-order valence-corrected chi connectivity index (χ1v) is 6.45. The Bertz CT molecular complexity index is 350. The van der Waals surface area contributed by atoms with Gasteiger partial charge in [-0.15, -0.1) is 0 Å². The average molecular weight is 234 g/mol. The molecule has 0 amide bonds. The van der Waals surface area contributed by atoms with Gasteiger partial charge in [0.2, 0.25) is 0 Å². The lowest BCUT2D eigenvalue weighted by molar-refractivity contribution is 0.149. The Kier molecular flexibility index (Phi) is 4.26. The van der Waals surface area contributed by atoms with E-state index in [1.54, 1.807) is 0 Å². The summed E-state index contributed by atoms with van der Waals surface area (Å²) in [6.45, 7) is 1.85. The standard InChI is InChI=1S/C14H22N2O/c1-16(12-6-4-7-12)10-5-11-17-14-9-3-2-8-13(14)15/h2-3,8-9,12H,4-7,10-11,15H2,1H3. The Morgan fingerprint density at radius 3 is 2.76 bits per heavy atom. The van der Waals surface area contributed by atoms with Crippen molar-refractivity contribution in [2.24, 2.45) is 0 Å². The number of benzene rings is 1. The summed E-state index contributed by atoms with van der Waals surface area (Å²) in [6.07, 6.45) is 5.18. The van der Waals surface area contributed by atoms with Crippen molar-refractivity contribution in [2.45, 2.75) is 31.7 Å². The van der Waals surface area contributed by atoms with Crippen molar-refractivity contribution < 1.29 is 4.74 Å². The van der Waals surface area contributed by atoms with Gasteiger partial charge in [-0.3, -0.25) is 0 Å². The van der Waals surface area contributed by atoms with Gasteiger partial charge >= 0.3 is 0 Å². The van der Waals surface area contributed by atoms with Gasteiger partial charge in [-0.2, -0.15) is 0 Å². The van der Waals surface area contributed by atoms with Crippen LogP contribution in [0.4, 0.5) is 5.69 Å². The Morgan fingerprint density at radius 2 is 2.12 bits per heavy atom. The minimum absolute atomic E-state index is 0.722. The zero-order chi connectivity index (χ0) is 12.1. The molecule has 3 heteroatoms. The third-order valence-electron chi connectivity index (χ3n) is 3.53. The molecule has 17 heavy (non-hydrogen) atoms. The number of nitrogens with two attached hydrogens (primary N) is 1. The summed E-state index contributed by atoms with van der Waals surface area (Å²) >= 11 is 0. The highest BCUT2D eigenvalue weighted by atomic mass is 16.5. The summed E-state index contributed by atoms with van der Waals surface area (Å²) in [7, 11) is 2.21. The maximum absolute atomic E-state index is 5.81. The third kappa shape index (κ3) is 3.37. The zero-order valence-electron chi connectivity index (χ0n) is 10.6. The molecule has 0 aliphatic heterocycles. The number of nitrogen functional groups attached to an aromatic ring is 1. The molecule has 1 aliphatic carbocycles. The molecule has 0 bridgehead atoms. The van der Waals surface area contributed by atoms with Crippen molar-refractivity contribution in [1.82, 2.24) is 4.90 Å². The monoisotopic (exact) mass is 234 g/mol. The lowest BCUT2D eigenvalue weighted by Crippen LogP contribution is -2.38. The van der Waals surface area contributed by atoms with E-state index in [0.717, 1.165) is 37.1 Å². The molecule has 1 aromatic rings. The van der Waals surface area contributed by atoms with Crippen LogP contribution < -0.4 is 10.5 Å². The molecular formula is C14H22N2O. The van der Waals surface area contributed by atoms with Crippen LogP contribution in [-0.2, 0) is 0 Å². The smallest absolute Gasteiger partial charge is 0.142 e. The molecule has 94 valence electrons. The number of rotatable bonds is 6. The molecule has 0 unspecified atom stereocenters. The first-order valence-electron chi connectivity index (χ1n) is 6.45. The molecule has 3 nitrogen and oxygen atoms in total. The van der Waals surface area contributed by atoms with Crippen LogP contribution in [0.1, 0.15) is 25.7 Å². The van der Waals surface area contributed by atoms with E-state index < -0.39 is 0 Å². The highest BCUT2D eigenvalue weighted by Crippen LogP contribution is 2.23. The number of ether oxygens (including phenoxy) is 1. The summed E-state index contributed by atoms with van der Waals surface area (Å²) in [5, 5.41) is 0.